The molecule has 0 amide bonds. The normalized spacial score (nSPS) is 13.4. The van der Waals surface area contributed by atoms with E-state index < -0.39 is 5.97 Å². The van der Waals surface area contributed by atoms with Crippen LogP contribution in [0.2, 0.25) is 0 Å². The third-order valence-electron chi connectivity index (χ3n) is 2.48. The summed E-state index contributed by atoms with van der Waals surface area (Å²) in [6.45, 7) is 6.37. The van der Waals surface area contributed by atoms with Gasteiger partial charge in [-0.2, -0.15) is 4.89 Å². The zero-order valence-corrected chi connectivity index (χ0v) is 10.6. The lowest BCUT2D eigenvalue weighted by molar-refractivity contribution is -0.194. The van der Waals surface area contributed by atoms with Crippen molar-refractivity contribution in [1.29, 1.82) is 0 Å². The molecule has 0 radical (unpaired) electrons. The zero-order valence-electron chi connectivity index (χ0n) is 10.6. The maximum atomic E-state index is 11.6. The molecule has 1 aromatic rings. The van der Waals surface area contributed by atoms with Crippen molar-refractivity contribution < 1.29 is 19.3 Å². The first-order valence-corrected chi connectivity index (χ1v) is 5.86. The lowest BCUT2D eigenvalue weighted by atomic mass is 10.2. The largest absolute Gasteiger partial charge is 0.423 e. The molecule has 1 heterocycles. The molecule has 0 spiro atoms. The molecule has 0 bridgehead atoms. The van der Waals surface area contributed by atoms with Crippen molar-refractivity contribution in [2.24, 2.45) is 0 Å². The Hall–Kier alpha value is -2.27. The number of rotatable bonds is 5. The Morgan fingerprint density at radius 1 is 1.58 bits per heavy atom. The third kappa shape index (κ3) is 3.59. The second-order valence-corrected chi connectivity index (χ2v) is 4.03. The molecule has 1 aliphatic heterocycles. The van der Waals surface area contributed by atoms with Gasteiger partial charge in [-0.15, -0.1) is 6.58 Å². The fourth-order valence-electron chi connectivity index (χ4n) is 1.56. The predicted octanol–water partition coefficient (Wildman–Crippen LogP) is 2.10. The molecular formula is C14H15NO4. The van der Waals surface area contributed by atoms with Crippen LogP contribution >= 0.6 is 0 Å². The van der Waals surface area contributed by atoms with Crippen molar-refractivity contribution in [3.05, 3.63) is 48.2 Å². The maximum Gasteiger partial charge on any atom is 0.337 e. The highest BCUT2D eigenvalue weighted by molar-refractivity contribution is 5.84. The lowest BCUT2D eigenvalue weighted by Gasteiger charge is -2.05. The molecule has 0 aliphatic carbocycles. The second-order valence-electron chi connectivity index (χ2n) is 4.03. The van der Waals surface area contributed by atoms with E-state index in [-0.39, 0.29) is 0 Å². The van der Waals surface area contributed by atoms with Crippen LogP contribution in [0.25, 0.3) is 0 Å². The number of hydrogen-bond acceptors (Lipinski definition) is 5. The minimum atomic E-state index is -0.451. The molecule has 0 fully saturated rings. The number of ether oxygens (including phenoxy) is 1. The van der Waals surface area contributed by atoms with E-state index >= 15 is 0 Å². The standard InChI is InChI=1S/C14H15NO4/c1-3-6-15-10(2)7-14(16)18-12-5-4-11-9-17-19-13(11)8-12/h3-5,7-8,15H,1,6,9H2,2H3/b10-7-. The minimum absolute atomic E-state index is 0.411. The highest BCUT2D eigenvalue weighted by Crippen LogP contribution is 2.30. The van der Waals surface area contributed by atoms with E-state index in [1.807, 2.05) is 0 Å². The van der Waals surface area contributed by atoms with Crippen LogP contribution in [0.5, 0.6) is 11.5 Å². The summed E-state index contributed by atoms with van der Waals surface area (Å²) in [6.07, 6.45) is 3.09. The van der Waals surface area contributed by atoms with E-state index in [0.29, 0.717) is 30.3 Å². The van der Waals surface area contributed by atoms with Gasteiger partial charge in [0.05, 0.1) is 0 Å². The van der Waals surface area contributed by atoms with Gasteiger partial charge in [0.1, 0.15) is 12.4 Å². The number of esters is 1. The van der Waals surface area contributed by atoms with Gasteiger partial charge in [0.2, 0.25) is 0 Å². The summed E-state index contributed by atoms with van der Waals surface area (Å²) in [5.41, 5.74) is 1.64. The molecule has 2 rings (SSSR count). The van der Waals surface area contributed by atoms with Crippen LogP contribution in [0.4, 0.5) is 0 Å². The average Bonchev–Trinajstić information content (AvgIpc) is 2.83. The average molecular weight is 261 g/mol. The van der Waals surface area contributed by atoms with Gasteiger partial charge in [-0.05, 0) is 19.1 Å². The van der Waals surface area contributed by atoms with Crippen LogP contribution in [0.3, 0.4) is 0 Å². The van der Waals surface area contributed by atoms with Gasteiger partial charge in [0.15, 0.2) is 5.75 Å². The third-order valence-corrected chi connectivity index (χ3v) is 2.48. The summed E-state index contributed by atoms with van der Waals surface area (Å²) >= 11 is 0. The summed E-state index contributed by atoms with van der Waals surface area (Å²) in [5, 5.41) is 2.99. The first-order chi connectivity index (χ1) is 9.19. The number of fused-ring (bicyclic) bond motifs is 1. The molecule has 100 valence electrons. The van der Waals surface area contributed by atoms with E-state index in [0.717, 1.165) is 5.56 Å². The van der Waals surface area contributed by atoms with Gasteiger partial charge in [0.25, 0.3) is 0 Å². The Bertz CT molecular complexity index is 522. The minimum Gasteiger partial charge on any atom is -0.423 e. The van der Waals surface area contributed by atoms with Crippen LogP contribution in [-0.2, 0) is 16.3 Å². The van der Waals surface area contributed by atoms with E-state index in [2.05, 4.69) is 11.9 Å². The van der Waals surface area contributed by atoms with Crippen molar-refractivity contribution in [2.75, 3.05) is 6.54 Å². The molecule has 0 unspecified atom stereocenters. The Morgan fingerprint density at radius 3 is 3.21 bits per heavy atom. The van der Waals surface area contributed by atoms with Crippen LogP contribution in [0.15, 0.2) is 42.6 Å². The lowest BCUT2D eigenvalue weighted by Crippen LogP contribution is -2.14. The van der Waals surface area contributed by atoms with Crippen LogP contribution in [-0.4, -0.2) is 12.5 Å². The topological polar surface area (TPSA) is 56.8 Å². The number of carbonyl (C=O) groups is 1. The Morgan fingerprint density at radius 2 is 2.42 bits per heavy atom. The molecule has 0 saturated carbocycles. The summed E-state index contributed by atoms with van der Waals surface area (Å²) in [5.74, 6) is 0.547. The Balaban J connectivity index is 1.97. The van der Waals surface area contributed by atoms with Gasteiger partial charge < -0.3 is 14.9 Å². The predicted molar refractivity (Wildman–Crippen MR) is 69.5 cm³/mol. The van der Waals surface area contributed by atoms with E-state index in [1.54, 1.807) is 31.2 Å². The molecule has 1 aromatic carbocycles. The number of benzene rings is 1. The summed E-state index contributed by atoms with van der Waals surface area (Å²) in [4.78, 5) is 21.4. The molecule has 0 saturated heterocycles. The van der Waals surface area contributed by atoms with Gasteiger partial charge in [-0.25, -0.2) is 4.79 Å². The maximum absolute atomic E-state index is 11.6. The zero-order chi connectivity index (χ0) is 13.7. The van der Waals surface area contributed by atoms with Crippen LogP contribution in [0, 0.1) is 0 Å². The van der Waals surface area contributed by atoms with E-state index in [4.69, 9.17) is 14.5 Å². The molecule has 5 heteroatoms. The molecule has 1 aliphatic rings. The smallest absolute Gasteiger partial charge is 0.337 e. The highest BCUT2D eigenvalue weighted by Gasteiger charge is 2.15. The number of hydrogen-bond donors (Lipinski definition) is 1. The number of carbonyl (C=O) groups excluding carboxylic acids is 1. The molecule has 1 N–H and O–H groups in total. The van der Waals surface area contributed by atoms with Gasteiger partial charge in [0, 0.05) is 29.9 Å². The summed E-state index contributed by atoms with van der Waals surface area (Å²) < 4.78 is 5.17. The highest BCUT2D eigenvalue weighted by atomic mass is 17.2. The SMILES string of the molecule is C=CCN/C(C)=C\C(=O)Oc1ccc2c(c1)OOC2. The number of nitrogens with one attached hydrogen (secondary N) is 1. The fourth-order valence-corrected chi connectivity index (χ4v) is 1.56. The first-order valence-electron chi connectivity index (χ1n) is 5.86. The van der Waals surface area contributed by atoms with Crippen molar-refractivity contribution in [3.8, 4) is 11.5 Å². The Kier molecular flexibility index (Phi) is 4.20. The van der Waals surface area contributed by atoms with Crippen LogP contribution in [0.1, 0.15) is 12.5 Å². The van der Waals surface area contributed by atoms with Gasteiger partial charge in [-0.3, -0.25) is 0 Å². The molecule has 0 atom stereocenters. The summed E-state index contributed by atoms with van der Waals surface area (Å²) in [7, 11) is 0. The van der Waals surface area contributed by atoms with Crippen molar-refractivity contribution in [2.45, 2.75) is 13.5 Å². The van der Waals surface area contributed by atoms with Crippen molar-refractivity contribution in [3.63, 3.8) is 0 Å². The Labute approximate surface area is 111 Å². The molecule has 5 nitrogen and oxygen atoms in total. The first kappa shape index (κ1) is 13.2. The van der Waals surface area contributed by atoms with Gasteiger partial charge in [-0.1, -0.05) is 6.08 Å². The van der Waals surface area contributed by atoms with Gasteiger partial charge >= 0.3 is 5.97 Å². The van der Waals surface area contributed by atoms with E-state index in [1.165, 1.54) is 6.08 Å². The number of allylic oxidation sites excluding steroid dienone is 1. The second kappa shape index (κ2) is 6.06. The quantitative estimate of drug-likeness (QED) is 0.289. The van der Waals surface area contributed by atoms with E-state index in [9.17, 15) is 4.79 Å². The monoisotopic (exact) mass is 261 g/mol. The fraction of sp³-hybridized carbons (Fsp3) is 0.214. The van der Waals surface area contributed by atoms with Crippen LogP contribution < -0.4 is 14.9 Å². The van der Waals surface area contributed by atoms with Crippen molar-refractivity contribution >= 4 is 5.97 Å². The van der Waals surface area contributed by atoms with Crippen molar-refractivity contribution in [1.82, 2.24) is 5.32 Å². The molecule has 0 aromatic heterocycles. The summed E-state index contributed by atoms with van der Waals surface area (Å²) in [6, 6.07) is 5.13. The molecule has 19 heavy (non-hydrogen) atoms. The molecular weight excluding hydrogens is 246 g/mol.